The molecule has 0 aliphatic carbocycles. The van der Waals surface area contributed by atoms with E-state index >= 15 is 0 Å². The van der Waals surface area contributed by atoms with E-state index in [-0.39, 0.29) is 18.0 Å². The smallest absolute Gasteiger partial charge is 0.367 e. The molecule has 2 aromatic heterocycles. The van der Waals surface area contributed by atoms with E-state index in [0.29, 0.717) is 11.6 Å². The summed E-state index contributed by atoms with van der Waals surface area (Å²) in [5.74, 6) is 0.942. The number of pyridine rings is 1. The first-order valence-electron chi connectivity index (χ1n) is 8.66. The van der Waals surface area contributed by atoms with E-state index in [1.54, 1.807) is 30.6 Å². The number of alkyl halides is 3. The van der Waals surface area contributed by atoms with Gasteiger partial charge in [-0.1, -0.05) is 0 Å². The molecule has 3 rings (SSSR count). The molecule has 0 amide bonds. The number of rotatable bonds is 8. The number of nitrogens with one attached hydrogen (secondary N) is 3. The van der Waals surface area contributed by atoms with Gasteiger partial charge in [-0.2, -0.15) is 13.2 Å². The molecular formula is C18H17F3N6O2S. The Labute approximate surface area is 170 Å². The molecule has 12 heteroatoms. The summed E-state index contributed by atoms with van der Waals surface area (Å²) in [6.45, 7) is 0.199. The molecule has 3 aromatic rings. The number of halogens is 3. The average molecular weight is 438 g/mol. The molecule has 0 bridgehead atoms. The van der Waals surface area contributed by atoms with Gasteiger partial charge >= 0.3 is 6.18 Å². The lowest BCUT2D eigenvalue weighted by molar-refractivity contribution is -0.137. The topological polar surface area (TPSA) is 109 Å². The third kappa shape index (κ3) is 5.87. The van der Waals surface area contributed by atoms with Gasteiger partial charge in [0.1, 0.15) is 5.82 Å². The molecule has 1 aromatic carbocycles. The molecule has 0 unspecified atom stereocenters. The van der Waals surface area contributed by atoms with Crippen molar-refractivity contribution in [1.29, 1.82) is 0 Å². The minimum absolute atomic E-state index is 0.000716. The van der Waals surface area contributed by atoms with Gasteiger partial charge in [0.15, 0.2) is 5.82 Å². The van der Waals surface area contributed by atoms with Crippen molar-refractivity contribution in [1.82, 2.24) is 19.9 Å². The van der Waals surface area contributed by atoms with Crippen LogP contribution in [0.3, 0.4) is 0 Å². The minimum Gasteiger partial charge on any atom is -0.367 e. The van der Waals surface area contributed by atoms with Crippen LogP contribution in [0.15, 0.2) is 65.8 Å². The lowest BCUT2D eigenvalue weighted by Gasteiger charge is -2.10. The van der Waals surface area contributed by atoms with Crippen LogP contribution in [-0.2, 0) is 16.2 Å². The predicted octanol–water partition coefficient (Wildman–Crippen LogP) is 3.02. The standard InChI is InChI=1S/C18H17F3N6O2S/c19-18(20,21)13-3-5-15(6-4-13)30(28,29)24-11-10-23-16-7-8-17(27-26-16)25-14-2-1-9-22-12-14/h1-9,12,24H,10-11H2,(H,23,26)(H,25,27). The Bertz CT molecular complexity index is 1060. The third-order valence-corrected chi connectivity index (χ3v) is 5.29. The van der Waals surface area contributed by atoms with Crippen LogP contribution in [0.4, 0.5) is 30.5 Å². The number of hydrogen-bond donors (Lipinski definition) is 3. The second-order valence-corrected chi connectivity index (χ2v) is 7.78. The molecular weight excluding hydrogens is 421 g/mol. The molecule has 0 aliphatic rings. The summed E-state index contributed by atoms with van der Waals surface area (Å²) in [4.78, 5) is 3.73. The van der Waals surface area contributed by atoms with Crippen LogP contribution in [0.2, 0.25) is 0 Å². The fourth-order valence-electron chi connectivity index (χ4n) is 2.36. The molecule has 3 N–H and O–H groups in total. The maximum absolute atomic E-state index is 12.6. The minimum atomic E-state index is -4.52. The van der Waals surface area contributed by atoms with Crippen LogP contribution in [0.1, 0.15) is 5.56 Å². The average Bonchev–Trinajstić information content (AvgIpc) is 2.73. The van der Waals surface area contributed by atoms with Gasteiger partial charge in [0.05, 0.1) is 22.3 Å². The van der Waals surface area contributed by atoms with Crippen molar-refractivity contribution in [3.8, 4) is 0 Å². The first kappa shape index (κ1) is 21.5. The molecule has 2 heterocycles. The molecule has 8 nitrogen and oxygen atoms in total. The van der Waals surface area contributed by atoms with Gasteiger partial charge in [-0.15, -0.1) is 10.2 Å². The predicted molar refractivity (Wildman–Crippen MR) is 105 cm³/mol. The van der Waals surface area contributed by atoms with Crippen LogP contribution in [0.25, 0.3) is 0 Å². The highest BCUT2D eigenvalue weighted by Crippen LogP contribution is 2.29. The van der Waals surface area contributed by atoms with Gasteiger partial charge in [-0.05, 0) is 48.5 Å². The van der Waals surface area contributed by atoms with Crippen LogP contribution in [0, 0.1) is 0 Å². The fourth-order valence-corrected chi connectivity index (χ4v) is 3.39. The van der Waals surface area contributed by atoms with E-state index in [1.807, 2.05) is 6.07 Å². The van der Waals surface area contributed by atoms with E-state index in [0.717, 1.165) is 30.0 Å². The monoisotopic (exact) mass is 438 g/mol. The van der Waals surface area contributed by atoms with E-state index in [9.17, 15) is 21.6 Å². The lowest BCUT2D eigenvalue weighted by Crippen LogP contribution is -2.29. The van der Waals surface area contributed by atoms with Gasteiger partial charge in [0.2, 0.25) is 10.0 Å². The Morgan fingerprint density at radius 2 is 1.60 bits per heavy atom. The summed E-state index contributed by atoms with van der Waals surface area (Å²) < 4.78 is 64.3. The van der Waals surface area contributed by atoms with Crippen molar-refractivity contribution >= 4 is 27.3 Å². The largest absolute Gasteiger partial charge is 0.416 e. The molecule has 0 saturated carbocycles. The van der Waals surface area contributed by atoms with E-state index in [4.69, 9.17) is 0 Å². The molecule has 158 valence electrons. The highest BCUT2D eigenvalue weighted by molar-refractivity contribution is 7.89. The zero-order chi connectivity index (χ0) is 21.6. The SMILES string of the molecule is O=S(=O)(NCCNc1ccc(Nc2cccnc2)nn1)c1ccc(C(F)(F)F)cc1. The molecule has 0 atom stereocenters. The Kier molecular flexibility index (Phi) is 6.47. The zero-order valence-electron chi connectivity index (χ0n) is 15.4. The first-order valence-corrected chi connectivity index (χ1v) is 10.1. The van der Waals surface area contributed by atoms with Crippen molar-refractivity contribution in [2.75, 3.05) is 23.7 Å². The second-order valence-electron chi connectivity index (χ2n) is 6.02. The molecule has 0 spiro atoms. The Morgan fingerprint density at radius 1 is 0.900 bits per heavy atom. The summed E-state index contributed by atoms with van der Waals surface area (Å²) in [5, 5.41) is 13.9. The van der Waals surface area contributed by atoms with Gasteiger partial charge in [0.25, 0.3) is 0 Å². The maximum atomic E-state index is 12.6. The van der Waals surface area contributed by atoms with Gasteiger partial charge in [0, 0.05) is 19.3 Å². The van der Waals surface area contributed by atoms with Crippen LogP contribution in [0.5, 0.6) is 0 Å². The number of aromatic nitrogens is 3. The Morgan fingerprint density at radius 3 is 2.20 bits per heavy atom. The van der Waals surface area contributed by atoms with Gasteiger partial charge in [-0.3, -0.25) is 4.98 Å². The highest BCUT2D eigenvalue weighted by Gasteiger charge is 2.30. The normalized spacial score (nSPS) is 11.8. The molecule has 0 radical (unpaired) electrons. The van der Waals surface area contributed by atoms with Crippen LogP contribution < -0.4 is 15.4 Å². The van der Waals surface area contributed by atoms with Crippen molar-refractivity contribution in [3.05, 3.63) is 66.5 Å². The van der Waals surface area contributed by atoms with Crippen molar-refractivity contribution in [2.45, 2.75) is 11.1 Å². The fraction of sp³-hybridized carbons (Fsp3) is 0.167. The first-order chi connectivity index (χ1) is 14.2. The van der Waals surface area contributed by atoms with Gasteiger partial charge in [-0.25, -0.2) is 13.1 Å². The molecule has 0 aliphatic heterocycles. The highest BCUT2D eigenvalue weighted by atomic mass is 32.2. The summed E-state index contributed by atoms with van der Waals surface area (Å²) in [6.07, 6.45) is -1.24. The number of anilines is 3. The quantitative estimate of drug-likeness (QED) is 0.464. The number of nitrogens with zero attached hydrogens (tertiary/aromatic N) is 3. The van der Waals surface area contributed by atoms with E-state index in [1.165, 1.54) is 0 Å². The second kappa shape index (κ2) is 9.05. The van der Waals surface area contributed by atoms with Crippen molar-refractivity contribution in [3.63, 3.8) is 0 Å². The summed E-state index contributed by atoms with van der Waals surface area (Å²) >= 11 is 0. The van der Waals surface area contributed by atoms with Gasteiger partial charge < -0.3 is 10.6 Å². The third-order valence-electron chi connectivity index (χ3n) is 3.81. The van der Waals surface area contributed by atoms with Crippen molar-refractivity contribution in [2.24, 2.45) is 0 Å². The summed E-state index contributed by atoms with van der Waals surface area (Å²) in [5.41, 5.74) is -0.159. The van der Waals surface area contributed by atoms with E-state index < -0.39 is 21.8 Å². The summed E-state index contributed by atoms with van der Waals surface area (Å²) in [6, 6.07) is 10.2. The van der Waals surface area contributed by atoms with Crippen LogP contribution in [-0.4, -0.2) is 36.7 Å². The Balaban J connectivity index is 1.48. The molecule has 30 heavy (non-hydrogen) atoms. The Hall–Kier alpha value is -3.25. The molecule has 0 fully saturated rings. The lowest BCUT2D eigenvalue weighted by atomic mass is 10.2. The molecule has 0 saturated heterocycles. The summed E-state index contributed by atoms with van der Waals surface area (Å²) in [7, 11) is -3.93. The number of sulfonamides is 1. The zero-order valence-corrected chi connectivity index (χ0v) is 16.2. The van der Waals surface area contributed by atoms with Crippen LogP contribution >= 0.6 is 0 Å². The van der Waals surface area contributed by atoms with Crippen molar-refractivity contribution < 1.29 is 21.6 Å². The number of benzene rings is 1. The maximum Gasteiger partial charge on any atom is 0.416 e. The van der Waals surface area contributed by atoms with E-state index in [2.05, 4.69) is 30.5 Å². The number of hydrogen-bond acceptors (Lipinski definition) is 7.